The standard InChI is InChI=1S/C16H17ClN2O6S/c1-10-14(17)7-13(8-15(10)19(20)21)26(22,23)18-9-11-6-12(24-2)4-5-16(11)25-3/h4-8,18H,9H2,1-3H3. The molecule has 0 spiro atoms. The average molecular weight is 401 g/mol. The summed E-state index contributed by atoms with van der Waals surface area (Å²) in [4.78, 5) is 10.1. The minimum atomic E-state index is -4.03. The van der Waals surface area contributed by atoms with Crippen LogP contribution in [0.4, 0.5) is 5.69 Å². The Morgan fingerprint density at radius 1 is 1.19 bits per heavy atom. The van der Waals surface area contributed by atoms with E-state index in [1.807, 2.05) is 0 Å². The number of hydrogen-bond donors (Lipinski definition) is 1. The highest BCUT2D eigenvalue weighted by Crippen LogP contribution is 2.30. The molecule has 0 heterocycles. The van der Waals surface area contributed by atoms with E-state index in [0.29, 0.717) is 17.1 Å². The molecule has 0 unspecified atom stereocenters. The summed E-state index contributed by atoms with van der Waals surface area (Å²) < 4.78 is 37.8. The van der Waals surface area contributed by atoms with Crippen molar-refractivity contribution in [2.45, 2.75) is 18.4 Å². The van der Waals surface area contributed by atoms with Crippen LogP contribution in [0.5, 0.6) is 11.5 Å². The number of rotatable bonds is 7. The lowest BCUT2D eigenvalue weighted by Gasteiger charge is -2.12. The van der Waals surface area contributed by atoms with E-state index < -0.39 is 14.9 Å². The molecule has 0 bridgehead atoms. The van der Waals surface area contributed by atoms with Crippen LogP contribution >= 0.6 is 11.6 Å². The van der Waals surface area contributed by atoms with Gasteiger partial charge in [-0.1, -0.05) is 11.6 Å². The fourth-order valence-corrected chi connectivity index (χ4v) is 3.59. The number of nitrogens with one attached hydrogen (secondary N) is 1. The summed E-state index contributed by atoms with van der Waals surface area (Å²) in [7, 11) is -1.08. The Bertz CT molecular complexity index is 946. The predicted octanol–water partition coefficient (Wildman–Crippen LogP) is 3.05. The SMILES string of the molecule is COc1ccc(OC)c(CNS(=O)(=O)c2cc(Cl)c(C)c([N+](=O)[O-])c2)c1. The lowest BCUT2D eigenvalue weighted by atomic mass is 10.2. The summed E-state index contributed by atoms with van der Waals surface area (Å²) >= 11 is 5.94. The molecule has 140 valence electrons. The molecule has 0 saturated heterocycles. The number of hydrogen-bond acceptors (Lipinski definition) is 6. The summed E-state index contributed by atoms with van der Waals surface area (Å²) in [6.45, 7) is 1.35. The van der Waals surface area contributed by atoms with Gasteiger partial charge >= 0.3 is 0 Å². The molecule has 2 aromatic rings. The second-order valence-corrected chi connectivity index (χ2v) is 7.48. The topological polar surface area (TPSA) is 108 Å². The third-order valence-corrected chi connectivity index (χ3v) is 5.51. The zero-order chi connectivity index (χ0) is 19.5. The molecule has 0 saturated carbocycles. The fourth-order valence-electron chi connectivity index (χ4n) is 2.26. The Kier molecular flexibility index (Phi) is 6.06. The number of nitro benzene ring substituents is 1. The van der Waals surface area contributed by atoms with Crippen LogP contribution in [0.15, 0.2) is 35.2 Å². The number of halogens is 1. The summed E-state index contributed by atoms with van der Waals surface area (Å²) in [5, 5.41) is 11.1. The zero-order valence-electron chi connectivity index (χ0n) is 14.3. The first-order valence-electron chi connectivity index (χ1n) is 7.34. The van der Waals surface area contributed by atoms with Crippen molar-refractivity contribution in [3.8, 4) is 11.5 Å². The van der Waals surface area contributed by atoms with Gasteiger partial charge in [0, 0.05) is 23.7 Å². The summed E-state index contributed by atoms with van der Waals surface area (Å²) in [6.07, 6.45) is 0. The van der Waals surface area contributed by atoms with Crippen molar-refractivity contribution in [3.05, 3.63) is 56.6 Å². The van der Waals surface area contributed by atoms with Gasteiger partial charge in [-0.05, 0) is 31.2 Å². The summed E-state index contributed by atoms with van der Waals surface area (Å²) in [5.41, 5.74) is 0.380. The highest BCUT2D eigenvalue weighted by molar-refractivity contribution is 7.89. The molecule has 2 aromatic carbocycles. The highest BCUT2D eigenvalue weighted by Gasteiger charge is 2.22. The number of benzene rings is 2. The van der Waals surface area contributed by atoms with Gasteiger partial charge in [-0.3, -0.25) is 10.1 Å². The molecule has 0 radical (unpaired) electrons. The van der Waals surface area contributed by atoms with Crippen LogP contribution in [0.3, 0.4) is 0 Å². The predicted molar refractivity (Wildman–Crippen MR) is 96.4 cm³/mol. The molecule has 0 amide bonds. The van der Waals surface area contributed by atoms with Crippen LogP contribution in [0, 0.1) is 17.0 Å². The molecule has 1 N–H and O–H groups in total. The Hall–Kier alpha value is -2.36. The molecular weight excluding hydrogens is 384 g/mol. The van der Waals surface area contributed by atoms with Gasteiger partial charge in [0.1, 0.15) is 11.5 Å². The maximum absolute atomic E-state index is 12.5. The van der Waals surface area contributed by atoms with E-state index in [4.69, 9.17) is 21.1 Å². The number of ether oxygens (including phenoxy) is 2. The normalized spacial score (nSPS) is 11.2. The molecule has 0 aromatic heterocycles. The monoisotopic (exact) mass is 400 g/mol. The van der Waals surface area contributed by atoms with Crippen molar-refractivity contribution < 1.29 is 22.8 Å². The van der Waals surface area contributed by atoms with Crippen LogP contribution in [-0.4, -0.2) is 27.6 Å². The van der Waals surface area contributed by atoms with Crippen molar-refractivity contribution in [1.82, 2.24) is 4.72 Å². The first-order valence-corrected chi connectivity index (χ1v) is 9.21. The zero-order valence-corrected chi connectivity index (χ0v) is 15.8. The smallest absolute Gasteiger partial charge is 0.275 e. The van der Waals surface area contributed by atoms with Crippen molar-refractivity contribution >= 4 is 27.3 Å². The van der Waals surface area contributed by atoms with Crippen LogP contribution < -0.4 is 14.2 Å². The van der Waals surface area contributed by atoms with Crippen molar-refractivity contribution in [2.75, 3.05) is 14.2 Å². The van der Waals surface area contributed by atoms with Crippen LogP contribution in [0.25, 0.3) is 0 Å². The average Bonchev–Trinajstić information content (AvgIpc) is 2.61. The van der Waals surface area contributed by atoms with E-state index in [1.165, 1.54) is 27.2 Å². The maximum atomic E-state index is 12.5. The molecule has 8 nitrogen and oxygen atoms in total. The first-order chi connectivity index (χ1) is 12.2. The largest absolute Gasteiger partial charge is 0.497 e. The van der Waals surface area contributed by atoms with E-state index in [2.05, 4.69) is 4.72 Å². The van der Waals surface area contributed by atoms with Gasteiger partial charge in [0.05, 0.1) is 29.1 Å². The van der Waals surface area contributed by atoms with Crippen LogP contribution in [0.1, 0.15) is 11.1 Å². The molecular formula is C16H17ClN2O6S. The van der Waals surface area contributed by atoms with Crippen LogP contribution in [0.2, 0.25) is 5.02 Å². The van der Waals surface area contributed by atoms with Gasteiger partial charge in [0.2, 0.25) is 10.0 Å². The second-order valence-electron chi connectivity index (χ2n) is 5.31. The fraction of sp³-hybridized carbons (Fsp3) is 0.250. The highest BCUT2D eigenvalue weighted by atomic mass is 35.5. The first kappa shape index (κ1) is 20.0. The summed E-state index contributed by atoms with van der Waals surface area (Å²) in [6, 6.07) is 7.11. The number of sulfonamides is 1. The molecule has 10 heteroatoms. The maximum Gasteiger partial charge on any atom is 0.275 e. The Morgan fingerprint density at radius 3 is 2.46 bits per heavy atom. The summed E-state index contributed by atoms with van der Waals surface area (Å²) in [5.74, 6) is 1.01. The lowest BCUT2D eigenvalue weighted by molar-refractivity contribution is -0.385. The minimum Gasteiger partial charge on any atom is -0.497 e. The van der Waals surface area contributed by atoms with Gasteiger partial charge in [0.25, 0.3) is 5.69 Å². The number of nitro groups is 1. The third kappa shape index (κ3) is 4.24. The van der Waals surface area contributed by atoms with Gasteiger partial charge in [-0.15, -0.1) is 0 Å². The molecule has 0 fully saturated rings. The molecule has 0 aliphatic carbocycles. The van der Waals surface area contributed by atoms with Gasteiger partial charge in [0.15, 0.2) is 0 Å². The van der Waals surface area contributed by atoms with E-state index in [9.17, 15) is 18.5 Å². The molecule has 26 heavy (non-hydrogen) atoms. The molecule has 0 aliphatic rings. The quantitative estimate of drug-likeness (QED) is 0.565. The molecule has 0 atom stereocenters. The Morgan fingerprint density at radius 2 is 1.88 bits per heavy atom. The number of methoxy groups -OCH3 is 2. The second kappa shape index (κ2) is 7.90. The van der Waals surface area contributed by atoms with E-state index in [1.54, 1.807) is 18.2 Å². The Balaban J connectivity index is 2.34. The molecule has 2 rings (SSSR count). The van der Waals surface area contributed by atoms with E-state index in [-0.39, 0.29) is 27.7 Å². The minimum absolute atomic E-state index is 0.00136. The number of nitrogens with zero attached hydrogens (tertiary/aromatic N) is 1. The lowest BCUT2D eigenvalue weighted by Crippen LogP contribution is -2.23. The van der Waals surface area contributed by atoms with Gasteiger partial charge < -0.3 is 9.47 Å². The van der Waals surface area contributed by atoms with Crippen molar-refractivity contribution in [1.29, 1.82) is 0 Å². The Labute approximate surface area is 155 Å². The molecule has 0 aliphatic heterocycles. The van der Waals surface area contributed by atoms with Gasteiger partial charge in [-0.2, -0.15) is 0 Å². The van der Waals surface area contributed by atoms with Gasteiger partial charge in [-0.25, -0.2) is 13.1 Å². The van der Waals surface area contributed by atoms with Crippen molar-refractivity contribution in [3.63, 3.8) is 0 Å². The third-order valence-electron chi connectivity index (χ3n) is 3.74. The van der Waals surface area contributed by atoms with E-state index in [0.717, 1.165) is 6.07 Å². The van der Waals surface area contributed by atoms with Crippen molar-refractivity contribution in [2.24, 2.45) is 0 Å². The van der Waals surface area contributed by atoms with E-state index >= 15 is 0 Å². The van der Waals surface area contributed by atoms with Crippen LogP contribution in [-0.2, 0) is 16.6 Å².